The van der Waals surface area contributed by atoms with Crippen LogP contribution in [0.1, 0.15) is 11.3 Å². The number of para-hydroxylation sites is 3. The van der Waals surface area contributed by atoms with E-state index >= 15 is 0 Å². The van der Waals surface area contributed by atoms with Gasteiger partial charge in [0.25, 0.3) is 5.56 Å². The number of hydrogen-bond acceptors (Lipinski definition) is 5. The highest BCUT2D eigenvalue weighted by molar-refractivity contribution is 6.02. The van der Waals surface area contributed by atoms with Gasteiger partial charge in [-0.3, -0.25) is 9.59 Å². The van der Waals surface area contributed by atoms with Gasteiger partial charge in [0, 0.05) is 33.2 Å². The highest BCUT2D eigenvalue weighted by atomic mass is 19.1. The number of amides is 1. The van der Waals surface area contributed by atoms with Crippen molar-refractivity contribution >= 4 is 50.6 Å². The molecule has 43 heavy (non-hydrogen) atoms. The zero-order chi connectivity index (χ0) is 29.5. The Morgan fingerprint density at radius 2 is 1.67 bits per heavy atom. The van der Waals surface area contributed by atoms with Gasteiger partial charge < -0.3 is 14.3 Å². The molecule has 4 aromatic carbocycles. The zero-order valence-electron chi connectivity index (χ0n) is 23.0. The van der Waals surface area contributed by atoms with E-state index in [1.54, 1.807) is 24.4 Å². The summed E-state index contributed by atoms with van der Waals surface area (Å²) >= 11 is 0. The van der Waals surface area contributed by atoms with Crippen LogP contribution in [-0.2, 0) is 11.3 Å². The first kappa shape index (κ1) is 26.1. The molecule has 0 fully saturated rings. The summed E-state index contributed by atoms with van der Waals surface area (Å²) in [5, 5.41) is 9.65. The van der Waals surface area contributed by atoms with E-state index in [9.17, 15) is 14.0 Å². The van der Waals surface area contributed by atoms with Gasteiger partial charge in [-0.15, -0.1) is 0 Å². The van der Waals surface area contributed by atoms with Crippen molar-refractivity contribution in [1.29, 1.82) is 0 Å². The average molecular weight is 570 g/mol. The van der Waals surface area contributed by atoms with Crippen LogP contribution in [0.15, 0.2) is 117 Å². The van der Waals surface area contributed by atoms with Crippen LogP contribution in [0.25, 0.3) is 44.4 Å². The number of nitrogens with one attached hydrogen (secondary N) is 1. The third-order valence-electron chi connectivity index (χ3n) is 7.41. The largest absolute Gasteiger partial charge is 0.453 e. The minimum atomic E-state index is -0.377. The number of rotatable bonds is 6. The molecule has 3 heterocycles. The van der Waals surface area contributed by atoms with E-state index in [-0.39, 0.29) is 29.7 Å². The van der Waals surface area contributed by atoms with Gasteiger partial charge in [-0.2, -0.15) is 9.78 Å². The highest BCUT2D eigenvalue weighted by Crippen LogP contribution is 2.28. The normalized spacial score (nSPS) is 11.7. The molecule has 0 radical (unpaired) electrons. The van der Waals surface area contributed by atoms with E-state index in [0.717, 1.165) is 27.5 Å². The van der Waals surface area contributed by atoms with Gasteiger partial charge >= 0.3 is 0 Å². The highest BCUT2D eigenvalue weighted by Gasteiger charge is 2.18. The number of furan rings is 1. The maximum atomic E-state index is 13.7. The lowest BCUT2D eigenvalue weighted by molar-refractivity contribution is -0.116. The fourth-order valence-corrected chi connectivity index (χ4v) is 5.30. The lowest BCUT2D eigenvalue weighted by Gasteiger charge is -2.10. The standard InChI is InChI=1S/C34H24FN5O3/c1-21-27(25-9-4-6-12-29(25)39(21)20-32(41)37-24-16-14-23(35)15-17-24)19-36-40-33(31-18-22-8-2-7-13-30(22)43-31)38-28-11-5-3-10-26(28)34(40)42/h2-19H,20H2,1H3,(H,37,41). The van der Waals surface area contributed by atoms with Crippen molar-refractivity contribution in [2.24, 2.45) is 5.10 Å². The first-order chi connectivity index (χ1) is 21.0. The summed E-state index contributed by atoms with van der Waals surface area (Å²) < 4.78 is 22.5. The van der Waals surface area contributed by atoms with Crippen molar-refractivity contribution in [1.82, 2.24) is 14.2 Å². The number of halogens is 1. The molecular formula is C34H24FN5O3. The lowest BCUT2D eigenvalue weighted by atomic mass is 10.1. The van der Waals surface area contributed by atoms with E-state index < -0.39 is 0 Å². The molecule has 7 aromatic rings. The monoisotopic (exact) mass is 569 g/mol. The molecule has 0 bridgehead atoms. The van der Waals surface area contributed by atoms with Crippen LogP contribution < -0.4 is 10.9 Å². The minimum Gasteiger partial charge on any atom is -0.453 e. The van der Waals surface area contributed by atoms with Crippen LogP contribution in [0.3, 0.4) is 0 Å². The third kappa shape index (κ3) is 4.76. The Bertz CT molecular complexity index is 2230. The molecule has 210 valence electrons. The van der Waals surface area contributed by atoms with Crippen molar-refractivity contribution < 1.29 is 13.6 Å². The maximum absolute atomic E-state index is 13.7. The molecule has 3 aromatic heterocycles. The lowest BCUT2D eigenvalue weighted by Crippen LogP contribution is -2.20. The molecule has 0 spiro atoms. The van der Waals surface area contributed by atoms with Crippen molar-refractivity contribution in [3.8, 4) is 11.6 Å². The predicted octanol–water partition coefficient (Wildman–Crippen LogP) is 6.73. The van der Waals surface area contributed by atoms with E-state index in [2.05, 4.69) is 10.4 Å². The summed E-state index contributed by atoms with van der Waals surface area (Å²) in [6, 6.07) is 29.8. The van der Waals surface area contributed by atoms with Crippen LogP contribution in [0.5, 0.6) is 0 Å². The molecule has 0 aliphatic rings. The fourth-order valence-electron chi connectivity index (χ4n) is 5.30. The quantitative estimate of drug-likeness (QED) is 0.225. The average Bonchev–Trinajstić information content (AvgIpc) is 3.57. The molecule has 0 atom stereocenters. The van der Waals surface area contributed by atoms with Gasteiger partial charge in [-0.05, 0) is 61.5 Å². The van der Waals surface area contributed by atoms with Crippen molar-refractivity contribution in [2.45, 2.75) is 13.5 Å². The Balaban J connectivity index is 1.32. The number of fused-ring (bicyclic) bond motifs is 3. The molecule has 1 N–H and O–H groups in total. The second-order valence-electron chi connectivity index (χ2n) is 10.1. The van der Waals surface area contributed by atoms with E-state index in [4.69, 9.17) is 9.40 Å². The van der Waals surface area contributed by atoms with E-state index in [0.29, 0.717) is 27.9 Å². The molecule has 0 aliphatic carbocycles. The number of carbonyl (C=O) groups excluding carboxylic acids is 1. The van der Waals surface area contributed by atoms with Gasteiger partial charge in [0.2, 0.25) is 11.7 Å². The zero-order valence-corrected chi connectivity index (χ0v) is 23.0. The van der Waals surface area contributed by atoms with Gasteiger partial charge in [-0.25, -0.2) is 9.37 Å². The molecule has 0 unspecified atom stereocenters. The number of hydrogen-bond donors (Lipinski definition) is 1. The number of aromatic nitrogens is 3. The van der Waals surface area contributed by atoms with E-state index in [1.807, 2.05) is 72.2 Å². The Morgan fingerprint density at radius 1 is 0.953 bits per heavy atom. The first-order valence-corrected chi connectivity index (χ1v) is 13.6. The topological polar surface area (TPSA) is 94.4 Å². The Morgan fingerprint density at radius 3 is 2.49 bits per heavy atom. The van der Waals surface area contributed by atoms with Gasteiger partial charge in [0.15, 0.2) is 5.76 Å². The predicted molar refractivity (Wildman–Crippen MR) is 166 cm³/mol. The van der Waals surface area contributed by atoms with Crippen molar-refractivity contribution in [3.05, 3.63) is 131 Å². The second kappa shape index (κ2) is 10.5. The molecule has 9 heteroatoms. The summed E-state index contributed by atoms with van der Waals surface area (Å²) in [7, 11) is 0. The number of carbonyl (C=O) groups is 1. The maximum Gasteiger partial charge on any atom is 0.282 e. The molecule has 0 saturated carbocycles. The van der Waals surface area contributed by atoms with Crippen molar-refractivity contribution in [3.63, 3.8) is 0 Å². The summed E-state index contributed by atoms with van der Waals surface area (Å²) in [6.07, 6.45) is 1.62. The molecule has 0 aliphatic heterocycles. The van der Waals surface area contributed by atoms with Gasteiger partial charge in [-0.1, -0.05) is 48.5 Å². The Labute approximate surface area is 244 Å². The molecule has 8 nitrogen and oxygen atoms in total. The summed E-state index contributed by atoms with van der Waals surface area (Å²) in [5.74, 6) is 0.0495. The Hall–Kier alpha value is -5.83. The SMILES string of the molecule is Cc1c(C=Nn2c(-c3cc4ccccc4o3)nc3ccccc3c2=O)c2ccccc2n1CC(=O)Nc1ccc(F)cc1. The number of nitrogens with zero attached hydrogens (tertiary/aromatic N) is 4. The third-order valence-corrected chi connectivity index (χ3v) is 7.41. The van der Waals surface area contributed by atoms with Gasteiger partial charge in [0.1, 0.15) is 17.9 Å². The smallest absolute Gasteiger partial charge is 0.282 e. The number of anilines is 1. The molecule has 7 rings (SSSR count). The summed E-state index contributed by atoms with van der Waals surface area (Å²) in [5.41, 5.74) is 3.74. The molecule has 1 amide bonds. The van der Waals surface area contributed by atoms with Crippen LogP contribution >= 0.6 is 0 Å². The minimum absolute atomic E-state index is 0.0271. The second-order valence-corrected chi connectivity index (χ2v) is 10.1. The van der Waals surface area contributed by atoms with E-state index in [1.165, 1.54) is 28.9 Å². The van der Waals surface area contributed by atoms with Crippen LogP contribution in [0.4, 0.5) is 10.1 Å². The van der Waals surface area contributed by atoms with Gasteiger partial charge in [0.05, 0.1) is 17.1 Å². The summed E-state index contributed by atoms with van der Waals surface area (Å²) in [6.45, 7) is 1.92. The molecular weight excluding hydrogens is 545 g/mol. The molecule has 0 saturated heterocycles. The Kier molecular flexibility index (Phi) is 6.39. The van der Waals surface area contributed by atoms with Crippen LogP contribution in [0, 0.1) is 12.7 Å². The van der Waals surface area contributed by atoms with Crippen LogP contribution in [-0.4, -0.2) is 26.3 Å². The van der Waals surface area contributed by atoms with Crippen molar-refractivity contribution in [2.75, 3.05) is 5.32 Å². The number of benzene rings is 4. The van der Waals surface area contributed by atoms with Crippen LogP contribution in [0.2, 0.25) is 0 Å². The fraction of sp³-hybridized carbons (Fsp3) is 0.0588. The first-order valence-electron chi connectivity index (χ1n) is 13.6. The summed E-state index contributed by atoms with van der Waals surface area (Å²) in [4.78, 5) is 31.5.